The van der Waals surface area contributed by atoms with Crippen LogP contribution in [-0.2, 0) is 15.2 Å². The predicted molar refractivity (Wildman–Crippen MR) is 80.2 cm³/mol. The summed E-state index contributed by atoms with van der Waals surface area (Å²) in [5.41, 5.74) is 1.03. The Hall–Kier alpha value is -0.270. The largest absolute Gasteiger partial charge is 0.338 e. The Bertz CT molecular complexity index is 522. The monoisotopic (exact) mass is 350 g/mol. The topological polar surface area (TPSA) is 50.3 Å². The molecule has 1 aliphatic rings. The van der Waals surface area contributed by atoms with Crippen LogP contribution in [0, 0.1) is 0 Å². The van der Waals surface area contributed by atoms with Crippen LogP contribution in [0.2, 0.25) is 0 Å². The van der Waals surface area contributed by atoms with Crippen molar-refractivity contribution in [3.05, 3.63) is 23.9 Å². The highest BCUT2D eigenvalue weighted by Gasteiger charge is 2.32. The van der Waals surface area contributed by atoms with Gasteiger partial charge in [-0.25, -0.2) is 13.4 Å². The molecule has 0 N–H and O–H groups in total. The summed E-state index contributed by atoms with van der Waals surface area (Å²) in [5.74, 6) is 2.33. The molecule has 1 aromatic heterocycles. The molecular weight excluding hydrogens is 336 g/mol. The molecule has 1 fully saturated rings. The summed E-state index contributed by atoms with van der Waals surface area (Å²) in [6.07, 6.45) is 3.01. The Morgan fingerprint density at radius 3 is 3.06 bits per heavy atom. The molecule has 0 spiro atoms. The number of anilines is 1. The van der Waals surface area contributed by atoms with E-state index in [-0.39, 0.29) is 0 Å². The normalized spacial score (nSPS) is 21.0. The number of rotatable bonds is 3. The van der Waals surface area contributed by atoms with Crippen molar-refractivity contribution in [3.8, 4) is 0 Å². The van der Waals surface area contributed by atoms with E-state index in [2.05, 4.69) is 20.9 Å². The highest BCUT2D eigenvalue weighted by atomic mass is 79.9. The molecule has 1 saturated heterocycles. The van der Waals surface area contributed by atoms with Crippen LogP contribution in [0.25, 0.3) is 0 Å². The zero-order valence-electron chi connectivity index (χ0n) is 10.0. The summed E-state index contributed by atoms with van der Waals surface area (Å²) in [7, 11) is -3.10. The predicted octanol–water partition coefficient (Wildman–Crippen LogP) is 1.90. The quantitative estimate of drug-likeness (QED) is 0.779. The molecule has 4 nitrogen and oxygen atoms in total. The van der Waals surface area contributed by atoms with Crippen molar-refractivity contribution >= 4 is 43.3 Å². The molecule has 1 aliphatic heterocycles. The number of thioether (sulfide) groups is 1. The number of halogens is 1. The third kappa shape index (κ3) is 3.00. The maximum Gasteiger partial charge on any atom is 0.169 e. The SMILES string of the molecule is CS(=O)(=O)C1CSCCN1c1ncccc1CBr. The van der Waals surface area contributed by atoms with E-state index in [0.717, 1.165) is 23.7 Å². The minimum absolute atomic E-state index is 0.469. The first-order valence-corrected chi connectivity index (χ1v) is 9.80. The molecule has 0 aliphatic carbocycles. The van der Waals surface area contributed by atoms with Crippen molar-refractivity contribution in [3.63, 3.8) is 0 Å². The van der Waals surface area contributed by atoms with Gasteiger partial charge in [0, 0.05) is 41.4 Å². The van der Waals surface area contributed by atoms with Crippen molar-refractivity contribution in [1.29, 1.82) is 0 Å². The maximum absolute atomic E-state index is 11.9. The Morgan fingerprint density at radius 1 is 1.61 bits per heavy atom. The van der Waals surface area contributed by atoms with Gasteiger partial charge in [-0.1, -0.05) is 22.0 Å². The first-order valence-electron chi connectivity index (χ1n) is 5.57. The third-order valence-corrected chi connectivity index (χ3v) is 6.11. The molecule has 1 aromatic rings. The highest BCUT2D eigenvalue weighted by molar-refractivity contribution is 9.08. The lowest BCUT2D eigenvalue weighted by atomic mass is 10.2. The fourth-order valence-electron chi connectivity index (χ4n) is 1.97. The van der Waals surface area contributed by atoms with E-state index in [1.54, 1.807) is 18.0 Å². The molecule has 1 atom stereocenters. The molecule has 7 heteroatoms. The average Bonchev–Trinajstić information content (AvgIpc) is 2.37. The Labute approximate surface area is 120 Å². The number of nitrogens with zero attached hydrogens (tertiary/aromatic N) is 2. The van der Waals surface area contributed by atoms with E-state index in [1.165, 1.54) is 6.26 Å². The highest BCUT2D eigenvalue weighted by Crippen LogP contribution is 2.28. The van der Waals surface area contributed by atoms with E-state index >= 15 is 0 Å². The summed E-state index contributed by atoms with van der Waals surface area (Å²) in [6, 6.07) is 3.84. The fourth-order valence-corrected chi connectivity index (χ4v) is 5.23. The molecule has 2 heterocycles. The lowest BCUT2D eigenvalue weighted by molar-refractivity contribution is 0.583. The molecule has 0 saturated carbocycles. The molecule has 18 heavy (non-hydrogen) atoms. The van der Waals surface area contributed by atoms with Crippen LogP contribution >= 0.6 is 27.7 Å². The van der Waals surface area contributed by atoms with Crippen molar-refractivity contribution < 1.29 is 8.42 Å². The van der Waals surface area contributed by atoms with Crippen LogP contribution < -0.4 is 4.90 Å². The average molecular weight is 351 g/mol. The van der Waals surface area contributed by atoms with Crippen molar-refractivity contribution in [2.75, 3.05) is 29.2 Å². The van der Waals surface area contributed by atoms with Gasteiger partial charge in [-0.05, 0) is 6.07 Å². The van der Waals surface area contributed by atoms with Crippen LogP contribution in [-0.4, -0.2) is 43.1 Å². The lowest BCUT2D eigenvalue weighted by Crippen LogP contribution is -2.47. The summed E-state index contributed by atoms with van der Waals surface area (Å²) in [6.45, 7) is 0.722. The molecule has 100 valence electrons. The molecule has 0 aromatic carbocycles. The van der Waals surface area contributed by atoms with Crippen molar-refractivity contribution in [1.82, 2.24) is 4.98 Å². The zero-order valence-corrected chi connectivity index (χ0v) is 13.3. The number of sulfone groups is 1. The van der Waals surface area contributed by atoms with Gasteiger partial charge in [0.1, 0.15) is 11.2 Å². The van der Waals surface area contributed by atoms with Gasteiger partial charge < -0.3 is 4.90 Å². The molecule has 0 amide bonds. The van der Waals surface area contributed by atoms with Crippen LogP contribution in [0.1, 0.15) is 5.56 Å². The minimum atomic E-state index is -3.10. The van der Waals surface area contributed by atoms with Crippen LogP contribution in [0.4, 0.5) is 5.82 Å². The smallest absolute Gasteiger partial charge is 0.169 e. The zero-order chi connectivity index (χ0) is 13.2. The molecule has 0 bridgehead atoms. The maximum atomic E-state index is 11.9. The Kier molecular flexibility index (Phi) is 4.55. The second-order valence-corrected chi connectivity index (χ2v) is 8.09. The number of hydrogen-bond donors (Lipinski definition) is 0. The number of alkyl halides is 1. The lowest BCUT2D eigenvalue weighted by Gasteiger charge is -2.35. The van der Waals surface area contributed by atoms with Gasteiger partial charge in [0.15, 0.2) is 9.84 Å². The van der Waals surface area contributed by atoms with Crippen LogP contribution in [0.3, 0.4) is 0 Å². The standard InChI is InChI=1S/C11H15BrN2O2S2/c1-18(15,16)10-8-17-6-5-14(10)11-9(7-12)3-2-4-13-11/h2-4,10H,5-8H2,1H3. The third-order valence-electron chi connectivity index (χ3n) is 2.86. The Morgan fingerprint density at radius 2 is 2.39 bits per heavy atom. The molecule has 1 unspecified atom stereocenters. The van der Waals surface area contributed by atoms with Gasteiger partial charge in [-0.15, -0.1) is 0 Å². The number of aromatic nitrogens is 1. The van der Waals surface area contributed by atoms with Gasteiger partial charge in [0.05, 0.1) is 0 Å². The molecule has 0 radical (unpaired) electrons. The van der Waals surface area contributed by atoms with Crippen LogP contribution in [0.5, 0.6) is 0 Å². The minimum Gasteiger partial charge on any atom is -0.338 e. The van der Waals surface area contributed by atoms with E-state index in [4.69, 9.17) is 0 Å². The second-order valence-electron chi connectivity index (χ2n) is 4.17. The van der Waals surface area contributed by atoms with Gasteiger partial charge in [-0.3, -0.25) is 0 Å². The van der Waals surface area contributed by atoms with E-state index < -0.39 is 15.2 Å². The van der Waals surface area contributed by atoms with E-state index in [9.17, 15) is 8.42 Å². The molecular formula is C11H15BrN2O2S2. The van der Waals surface area contributed by atoms with Gasteiger partial charge >= 0.3 is 0 Å². The number of hydrogen-bond acceptors (Lipinski definition) is 5. The molecule has 2 rings (SSSR count). The van der Waals surface area contributed by atoms with E-state index in [0.29, 0.717) is 11.1 Å². The van der Waals surface area contributed by atoms with Gasteiger partial charge in [0.2, 0.25) is 0 Å². The Balaban J connectivity index is 2.40. The second kappa shape index (κ2) is 5.79. The van der Waals surface area contributed by atoms with E-state index in [1.807, 2.05) is 17.0 Å². The summed E-state index contributed by atoms with van der Waals surface area (Å²) in [4.78, 5) is 6.28. The first-order chi connectivity index (χ1) is 8.54. The summed E-state index contributed by atoms with van der Waals surface area (Å²) < 4.78 is 23.8. The van der Waals surface area contributed by atoms with Gasteiger partial charge in [0.25, 0.3) is 0 Å². The van der Waals surface area contributed by atoms with Crippen LogP contribution in [0.15, 0.2) is 18.3 Å². The first kappa shape index (κ1) is 14.1. The number of pyridine rings is 1. The summed E-state index contributed by atoms with van der Waals surface area (Å²) in [5, 5.41) is 0.208. The van der Waals surface area contributed by atoms with Crippen molar-refractivity contribution in [2.45, 2.75) is 10.7 Å². The van der Waals surface area contributed by atoms with Crippen molar-refractivity contribution in [2.24, 2.45) is 0 Å². The summed E-state index contributed by atoms with van der Waals surface area (Å²) >= 11 is 5.11. The van der Waals surface area contributed by atoms with Gasteiger partial charge in [-0.2, -0.15) is 11.8 Å². The fraction of sp³-hybridized carbons (Fsp3) is 0.545.